The van der Waals surface area contributed by atoms with Crippen LogP contribution in [-0.2, 0) is 11.3 Å². The number of nitrogens with one attached hydrogen (secondary N) is 2. The standard InChI is InChI=1S/C9H11N5O2/c10-13-8-6(2-1-3-11-8)5-14-7(15)4-12-9(14)16/h1-3H,4-5,10H2,(H,11,13)(H,12,16). The third-order valence-corrected chi connectivity index (χ3v) is 2.29. The van der Waals surface area contributed by atoms with Crippen LogP contribution in [0.1, 0.15) is 5.56 Å². The van der Waals surface area contributed by atoms with Crippen molar-refractivity contribution in [3.63, 3.8) is 0 Å². The van der Waals surface area contributed by atoms with E-state index in [0.717, 1.165) is 4.90 Å². The zero-order valence-corrected chi connectivity index (χ0v) is 8.43. The number of rotatable bonds is 3. The van der Waals surface area contributed by atoms with E-state index in [4.69, 9.17) is 5.84 Å². The molecular weight excluding hydrogens is 210 g/mol. The highest BCUT2D eigenvalue weighted by atomic mass is 16.2. The summed E-state index contributed by atoms with van der Waals surface area (Å²) in [6.07, 6.45) is 1.57. The fourth-order valence-electron chi connectivity index (χ4n) is 1.48. The summed E-state index contributed by atoms with van der Waals surface area (Å²) < 4.78 is 0. The summed E-state index contributed by atoms with van der Waals surface area (Å²) in [7, 11) is 0. The summed E-state index contributed by atoms with van der Waals surface area (Å²) in [5, 5.41) is 2.44. The number of nitrogens with zero attached hydrogens (tertiary/aromatic N) is 2. The Labute approximate surface area is 91.6 Å². The van der Waals surface area contributed by atoms with Gasteiger partial charge in [0, 0.05) is 11.8 Å². The lowest BCUT2D eigenvalue weighted by Crippen LogP contribution is -2.31. The molecule has 7 heteroatoms. The highest BCUT2D eigenvalue weighted by Gasteiger charge is 2.28. The molecule has 0 saturated carbocycles. The van der Waals surface area contributed by atoms with Crippen LogP contribution in [0, 0.1) is 0 Å². The van der Waals surface area contributed by atoms with Crippen LogP contribution in [-0.4, -0.2) is 28.4 Å². The van der Waals surface area contributed by atoms with Gasteiger partial charge in [0.2, 0.25) is 5.91 Å². The Morgan fingerprint density at radius 3 is 3.00 bits per heavy atom. The van der Waals surface area contributed by atoms with E-state index in [-0.39, 0.29) is 19.0 Å². The number of imide groups is 1. The Bertz CT molecular complexity index is 418. The van der Waals surface area contributed by atoms with Gasteiger partial charge in [0.25, 0.3) is 0 Å². The van der Waals surface area contributed by atoms with Gasteiger partial charge in [-0.15, -0.1) is 0 Å². The average Bonchev–Trinajstić information content (AvgIpc) is 2.61. The summed E-state index contributed by atoms with van der Waals surface area (Å²) >= 11 is 0. The Hall–Kier alpha value is -2.15. The highest BCUT2D eigenvalue weighted by molar-refractivity contribution is 6.01. The van der Waals surface area contributed by atoms with E-state index in [0.29, 0.717) is 11.4 Å². The van der Waals surface area contributed by atoms with Crippen LogP contribution in [0.3, 0.4) is 0 Å². The van der Waals surface area contributed by atoms with Crippen molar-refractivity contribution in [2.45, 2.75) is 6.54 Å². The smallest absolute Gasteiger partial charge is 0.324 e. The third kappa shape index (κ3) is 1.80. The fourth-order valence-corrected chi connectivity index (χ4v) is 1.48. The predicted molar refractivity (Wildman–Crippen MR) is 56.0 cm³/mol. The SMILES string of the molecule is NNc1ncccc1CN1C(=O)CNC1=O. The molecule has 1 aliphatic rings. The van der Waals surface area contributed by atoms with Crippen LogP contribution in [0.5, 0.6) is 0 Å². The first-order chi connectivity index (χ1) is 7.72. The molecule has 1 aromatic heterocycles. The van der Waals surface area contributed by atoms with E-state index in [9.17, 15) is 9.59 Å². The molecule has 1 aliphatic heterocycles. The van der Waals surface area contributed by atoms with Crippen molar-refractivity contribution < 1.29 is 9.59 Å². The van der Waals surface area contributed by atoms with Gasteiger partial charge in [0.1, 0.15) is 5.82 Å². The number of hydrazine groups is 1. The van der Waals surface area contributed by atoms with Crippen molar-refractivity contribution in [1.29, 1.82) is 0 Å². The molecule has 4 N–H and O–H groups in total. The van der Waals surface area contributed by atoms with E-state index in [2.05, 4.69) is 15.7 Å². The molecule has 2 heterocycles. The Balaban J connectivity index is 2.20. The minimum Gasteiger partial charge on any atom is -0.329 e. The first kappa shape index (κ1) is 10.4. The predicted octanol–water partition coefficient (Wildman–Crippen LogP) is -0.581. The lowest BCUT2D eigenvalue weighted by molar-refractivity contribution is -0.125. The molecule has 1 fully saturated rings. The second kappa shape index (κ2) is 4.15. The molecular formula is C9H11N5O2. The maximum Gasteiger partial charge on any atom is 0.324 e. The molecule has 84 valence electrons. The number of carbonyl (C=O) groups excluding carboxylic acids is 2. The number of nitrogen functional groups attached to an aromatic ring is 1. The van der Waals surface area contributed by atoms with Gasteiger partial charge < -0.3 is 10.7 Å². The van der Waals surface area contributed by atoms with Crippen molar-refractivity contribution in [1.82, 2.24) is 15.2 Å². The number of urea groups is 1. The van der Waals surface area contributed by atoms with E-state index in [1.807, 2.05) is 0 Å². The molecule has 0 spiro atoms. The molecule has 0 bridgehead atoms. The van der Waals surface area contributed by atoms with Crippen LogP contribution >= 0.6 is 0 Å². The summed E-state index contributed by atoms with van der Waals surface area (Å²) in [6.45, 7) is 0.211. The Kier molecular flexibility index (Phi) is 2.69. The molecule has 16 heavy (non-hydrogen) atoms. The van der Waals surface area contributed by atoms with E-state index >= 15 is 0 Å². The van der Waals surface area contributed by atoms with Gasteiger partial charge in [0.05, 0.1) is 13.1 Å². The topological polar surface area (TPSA) is 100 Å². The zero-order chi connectivity index (χ0) is 11.5. The van der Waals surface area contributed by atoms with E-state index < -0.39 is 6.03 Å². The van der Waals surface area contributed by atoms with Gasteiger partial charge >= 0.3 is 6.03 Å². The lowest BCUT2D eigenvalue weighted by Gasteiger charge is -2.14. The second-order valence-corrected chi connectivity index (χ2v) is 3.29. The van der Waals surface area contributed by atoms with Crippen LogP contribution < -0.4 is 16.6 Å². The molecule has 7 nitrogen and oxygen atoms in total. The maximum absolute atomic E-state index is 11.4. The molecule has 2 rings (SSSR count). The average molecular weight is 221 g/mol. The van der Waals surface area contributed by atoms with Gasteiger partial charge in [-0.3, -0.25) is 9.69 Å². The summed E-state index contributed by atoms with van der Waals surface area (Å²) in [6, 6.07) is 3.08. The van der Waals surface area contributed by atoms with Crippen molar-refractivity contribution in [2.24, 2.45) is 5.84 Å². The number of aromatic nitrogens is 1. The van der Waals surface area contributed by atoms with Crippen LogP contribution in [0.25, 0.3) is 0 Å². The molecule has 0 radical (unpaired) electrons. The number of amides is 3. The molecule has 1 aromatic rings. The summed E-state index contributed by atoms with van der Waals surface area (Å²) in [5.41, 5.74) is 3.11. The van der Waals surface area contributed by atoms with Crippen molar-refractivity contribution in [2.75, 3.05) is 12.0 Å². The first-order valence-electron chi connectivity index (χ1n) is 4.71. The number of anilines is 1. The fraction of sp³-hybridized carbons (Fsp3) is 0.222. The monoisotopic (exact) mass is 221 g/mol. The number of hydrogen-bond donors (Lipinski definition) is 3. The largest absolute Gasteiger partial charge is 0.329 e. The molecule has 0 unspecified atom stereocenters. The lowest BCUT2D eigenvalue weighted by atomic mass is 10.2. The maximum atomic E-state index is 11.4. The van der Waals surface area contributed by atoms with Gasteiger partial charge in [-0.25, -0.2) is 15.6 Å². The minimum atomic E-state index is -0.392. The van der Waals surface area contributed by atoms with E-state index in [1.54, 1.807) is 18.3 Å². The highest BCUT2D eigenvalue weighted by Crippen LogP contribution is 2.14. The van der Waals surface area contributed by atoms with Gasteiger partial charge in [-0.2, -0.15) is 0 Å². The molecule has 3 amide bonds. The first-order valence-corrected chi connectivity index (χ1v) is 4.71. The van der Waals surface area contributed by atoms with Crippen LogP contribution in [0.2, 0.25) is 0 Å². The van der Waals surface area contributed by atoms with Crippen molar-refractivity contribution >= 4 is 17.8 Å². The zero-order valence-electron chi connectivity index (χ0n) is 8.43. The molecule has 0 aliphatic carbocycles. The van der Waals surface area contributed by atoms with Crippen LogP contribution in [0.15, 0.2) is 18.3 Å². The number of nitrogens with two attached hydrogens (primary N) is 1. The minimum absolute atomic E-state index is 0.0461. The van der Waals surface area contributed by atoms with E-state index in [1.165, 1.54) is 0 Å². The molecule has 0 aromatic carbocycles. The number of hydrogen-bond acceptors (Lipinski definition) is 5. The summed E-state index contributed by atoms with van der Waals surface area (Å²) in [5.74, 6) is 5.48. The normalized spacial score (nSPS) is 15.2. The number of carbonyl (C=O) groups is 2. The molecule has 0 atom stereocenters. The Morgan fingerprint density at radius 2 is 2.38 bits per heavy atom. The Morgan fingerprint density at radius 1 is 1.56 bits per heavy atom. The van der Waals surface area contributed by atoms with Crippen molar-refractivity contribution in [3.8, 4) is 0 Å². The quantitative estimate of drug-likeness (QED) is 0.360. The van der Waals surface area contributed by atoms with Gasteiger partial charge in [0.15, 0.2) is 0 Å². The third-order valence-electron chi connectivity index (χ3n) is 2.29. The summed E-state index contributed by atoms with van der Waals surface area (Å²) in [4.78, 5) is 27.8. The van der Waals surface area contributed by atoms with Gasteiger partial charge in [-0.1, -0.05) is 6.07 Å². The van der Waals surface area contributed by atoms with Crippen molar-refractivity contribution in [3.05, 3.63) is 23.9 Å². The van der Waals surface area contributed by atoms with Gasteiger partial charge in [-0.05, 0) is 6.07 Å². The number of pyridine rings is 1. The van der Waals surface area contributed by atoms with Crippen LogP contribution in [0.4, 0.5) is 10.6 Å². The molecule has 1 saturated heterocycles. The second-order valence-electron chi connectivity index (χ2n) is 3.29.